The molecule has 0 amide bonds. The Hall–Kier alpha value is -1.71. The van der Waals surface area contributed by atoms with E-state index in [4.69, 9.17) is 0 Å². The van der Waals surface area contributed by atoms with Crippen molar-refractivity contribution in [2.75, 3.05) is 0 Å². The minimum Gasteiger partial charge on any atom is -0.360 e. The molecule has 2 aromatic rings. The van der Waals surface area contributed by atoms with Crippen molar-refractivity contribution in [3.05, 3.63) is 46.2 Å². The predicted octanol–water partition coefficient (Wildman–Crippen LogP) is 2.47. The van der Waals surface area contributed by atoms with Crippen molar-refractivity contribution >= 4 is 10.9 Å². The summed E-state index contributed by atoms with van der Waals surface area (Å²) in [5, 5.41) is 0.297. The summed E-state index contributed by atoms with van der Waals surface area (Å²) in [4.78, 5) is 14.1. The molecule has 14 heavy (non-hydrogen) atoms. The van der Waals surface area contributed by atoms with Crippen molar-refractivity contribution in [2.45, 2.75) is 6.43 Å². The zero-order valence-electron chi connectivity index (χ0n) is 7.13. The van der Waals surface area contributed by atoms with Crippen molar-refractivity contribution in [3.8, 4) is 0 Å². The summed E-state index contributed by atoms with van der Waals surface area (Å²) >= 11 is 0. The topological polar surface area (TPSA) is 32.9 Å². The van der Waals surface area contributed by atoms with Crippen LogP contribution in [0, 0.1) is 0 Å². The Morgan fingerprint density at radius 3 is 2.64 bits per heavy atom. The quantitative estimate of drug-likeness (QED) is 0.744. The molecule has 0 radical (unpaired) electrons. The van der Waals surface area contributed by atoms with E-state index in [2.05, 4.69) is 4.98 Å². The molecule has 0 aliphatic heterocycles. The SMILES string of the molecule is O=c1c(C(F)F)c[nH]c2ccccc12. The van der Waals surface area contributed by atoms with Gasteiger partial charge >= 0.3 is 0 Å². The van der Waals surface area contributed by atoms with Gasteiger partial charge in [0.2, 0.25) is 0 Å². The van der Waals surface area contributed by atoms with Gasteiger partial charge in [-0.3, -0.25) is 4.79 Å². The molecule has 0 spiro atoms. The number of aromatic nitrogens is 1. The lowest BCUT2D eigenvalue weighted by Gasteiger charge is -2.01. The zero-order chi connectivity index (χ0) is 10.1. The standard InChI is InChI=1S/C10H7F2NO/c11-10(12)7-5-13-8-4-2-1-3-6(8)9(7)14/h1-5,10H,(H,13,14). The average molecular weight is 195 g/mol. The van der Waals surface area contributed by atoms with Crippen molar-refractivity contribution in [2.24, 2.45) is 0 Å². The first-order valence-electron chi connectivity index (χ1n) is 4.08. The second kappa shape index (κ2) is 3.21. The van der Waals surface area contributed by atoms with Gasteiger partial charge in [0, 0.05) is 17.1 Å². The molecule has 0 saturated carbocycles. The molecule has 0 saturated heterocycles. The first-order chi connectivity index (χ1) is 6.70. The second-order valence-corrected chi connectivity index (χ2v) is 2.92. The van der Waals surface area contributed by atoms with Crippen LogP contribution in [0.2, 0.25) is 0 Å². The summed E-state index contributed by atoms with van der Waals surface area (Å²) in [5.41, 5.74) is -0.514. The van der Waals surface area contributed by atoms with Gasteiger partial charge in [-0.15, -0.1) is 0 Å². The fourth-order valence-electron chi connectivity index (χ4n) is 1.35. The maximum Gasteiger partial charge on any atom is 0.269 e. The average Bonchev–Trinajstić information content (AvgIpc) is 2.18. The summed E-state index contributed by atoms with van der Waals surface area (Å²) < 4.78 is 24.7. The van der Waals surface area contributed by atoms with Crippen LogP contribution in [-0.4, -0.2) is 4.98 Å². The van der Waals surface area contributed by atoms with E-state index >= 15 is 0 Å². The number of hydrogen-bond donors (Lipinski definition) is 1. The number of halogens is 2. The molecule has 0 aliphatic rings. The Kier molecular flexibility index (Phi) is 2.04. The van der Waals surface area contributed by atoms with Gasteiger partial charge in [-0.1, -0.05) is 12.1 Å². The van der Waals surface area contributed by atoms with Crippen molar-refractivity contribution in [3.63, 3.8) is 0 Å². The van der Waals surface area contributed by atoms with E-state index in [1.165, 1.54) is 6.07 Å². The van der Waals surface area contributed by atoms with E-state index in [1.54, 1.807) is 18.2 Å². The number of H-pyrrole nitrogens is 1. The summed E-state index contributed by atoms with van der Waals surface area (Å²) in [5.74, 6) is 0. The Morgan fingerprint density at radius 1 is 1.21 bits per heavy atom. The normalized spacial score (nSPS) is 11.1. The van der Waals surface area contributed by atoms with Gasteiger partial charge in [0.15, 0.2) is 5.43 Å². The van der Waals surface area contributed by atoms with Crippen LogP contribution in [0.15, 0.2) is 35.3 Å². The van der Waals surface area contributed by atoms with Gasteiger partial charge in [0.25, 0.3) is 6.43 Å². The van der Waals surface area contributed by atoms with Crippen LogP contribution >= 0.6 is 0 Å². The molecule has 2 nitrogen and oxygen atoms in total. The minimum absolute atomic E-state index is 0.297. The molecule has 2 rings (SSSR count). The summed E-state index contributed by atoms with van der Waals surface area (Å²) in [6.45, 7) is 0. The Morgan fingerprint density at radius 2 is 1.93 bits per heavy atom. The molecule has 0 aliphatic carbocycles. The van der Waals surface area contributed by atoms with Crippen LogP contribution in [0.3, 0.4) is 0 Å². The van der Waals surface area contributed by atoms with Crippen molar-refractivity contribution < 1.29 is 8.78 Å². The van der Waals surface area contributed by atoms with Gasteiger partial charge in [0.05, 0.1) is 5.56 Å². The Labute approximate surface area is 78.2 Å². The van der Waals surface area contributed by atoms with E-state index in [1.807, 2.05) is 0 Å². The number of alkyl halides is 2. The molecule has 1 aromatic carbocycles. The van der Waals surface area contributed by atoms with E-state index in [9.17, 15) is 13.6 Å². The van der Waals surface area contributed by atoms with Gasteiger partial charge in [-0.05, 0) is 12.1 Å². The number of benzene rings is 1. The van der Waals surface area contributed by atoms with Crippen LogP contribution in [-0.2, 0) is 0 Å². The number of nitrogens with one attached hydrogen (secondary N) is 1. The number of aromatic amines is 1. The third-order valence-corrected chi connectivity index (χ3v) is 2.05. The van der Waals surface area contributed by atoms with E-state index in [0.29, 0.717) is 10.9 Å². The predicted molar refractivity (Wildman–Crippen MR) is 49.5 cm³/mol. The number of pyridine rings is 1. The largest absolute Gasteiger partial charge is 0.360 e. The van der Waals surface area contributed by atoms with Crippen LogP contribution in [0.25, 0.3) is 10.9 Å². The lowest BCUT2D eigenvalue weighted by Crippen LogP contribution is -2.10. The highest BCUT2D eigenvalue weighted by atomic mass is 19.3. The highest BCUT2D eigenvalue weighted by molar-refractivity contribution is 5.78. The smallest absolute Gasteiger partial charge is 0.269 e. The molecule has 1 aromatic heterocycles. The zero-order valence-corrected chi connectivity index (χ0v) is 7.13. The van der Waals surface area contributed by atoms with Gasteiger partial charge in [-0.2, -0.15) is 0 Å². The molecule has 0 bridgehead atoms. The van der Waals surface area contributed by atoms with Crippen LogP contribution in [0.5, 0.6) is 0 Å². The Balaban J connectivity index is 2.82. The number of para-hydroxylation sites is 1. The summed E-state index contributed by atoms with van der Waals surface area (Å²) in [6.07, 6.45) is -1.67. The van der Waals surface area contributed by atoms with Gasteiger partial charge in [-0.25, -0.2) is 8.78 Å². The Bertz CT molecular complexity index is 519. The number of rotatable bonds is 1. The maximum atomic E-state index is 12.3. The molecule has 1 N–H and O–H groups in total. The first kappa shape index (κ1) is 8.87. The fraction of sp³-hybridized carbons (Fsp3) is 0.100. The molecular formula is C10H7F2NO. The lowest BCUT2D eigenvalue weighted by molar-refractivity contribution is 0.150. The third-order valence-electron chi connectivity index (χ3n) is 2.05. The van der Waals surface area contributed by atoms with E-state index < -0.39 is 17.4 Å². The molecule has 72 valence electrons. The molecular weight excluding hydrogens is 188 g/mol. The number of fused-ring (bicyclic) bond motifs is 1. The van der Waals surface area contributed by atoms with Crippen LogP contribution < -0.4 is 5.43 Å². The second-order valence-electron chi connectivity index (χ2n) is 2.92. The van der Waals surface area contributed by atoms with Crippen LogP contribution in [0.4, 0.5) is 8.78 Å². The van der Waals surface area contributed by atoms with Gasteiger partial charge in [0.1, 0.15) is 0 Å². The monoisotopic (exact) mass is 195 g/mol. The summed E-state index contributed by atoms with van der Waals surface area (Å²) in [7, 11) is 0. The number of hydrogen-bond acceptors (Lipinski definition) is 1. The molecule has 0 atom stereocenters. The highest BCUT2D eigenvalue weighted by Gasteiger charge is 2.13. The molecule has 1 heterocycles. The molecule has 4 heteroatoms. The summed E-state index contributed by atoms with van der Waals surface area (Å²) in [6, 6.07) is 6.58. The van der Waals surface area contributed by atoms with Crippen molar-refractivity contribution in [1.82, 2.24) is 4.98 Å². The van der Waals surface area contributed by atoms with Crippen LogP contribution in [0.1, 0.15) is 12.0 Å². The molecule has 0 unspecified atom stereocenters. The third kappa shape index (κ3) is 1.28. The van der Waals surface area contributed by atoms with E-state index in [0.717, 1.165) is 6.20 Å². The maximum absolute atomic E-state index is 12.3. The highest BCUT2D eigenvalue weighted by Crippen LogP contribution is 2.16. The molecule has 0 fully saturated rings. The lowest BCUT2D eigenvalue weighted by atomic mass is 10.1. The van der Waals surface area contributed by atoms with E-state index in [-0.39, 0.29) is 0 Å². The fourth-order valence-corrected chi connectivity index (χ4v) is 1.35. The van der Waals surface area contributed by atoms with Crippen molar-refractivity contribution in [1.29, 1.82) is 0 Å². The minimum atomic E-state index is -2.73. The first-order valence-corrected chi connectivity index (χ1v) is 4.08. The van der Waals surface area contributed by atoms with Gasteiger partial charge < -0.3 is 4.98 Å².